The molecule has 0 atom stereocenters. The van der Waals surface area contributed by atoms with Gasteiger partial charge < -0.3 is 4.90 Å². The Morgan fingerprint density at radius 3 is 2.53 bits per heavy atom. The minimum Gasteiger partial charge on any atom is -0.334 e. The number of hydrogen-bond donors (Lipinski definition) is 0. The number of hydrogen-bond acceptors (Lipinski definition) is 5. The summed E-state index contributed by atoms with van der Waals surface area (Å²) < 4.78 is 1.63. The molecule has 8 nitrogen and oxygen atoms in total. The summed E-state index contributed by atoms with van der Waals surface area (Å²) >= 11 is 0. The van der Waals surface area contributed by atoms with Crippen molar-refractivity contribution in [2.45, 2.75) is 39.7 Å². The molecule has 166 valence electrons. The lowest BCUT2D eigenvalue weighted by atomic mass is 10.0. The fraction of sp³-hybridized carbons (Fsp3) is 0.375. The molecule has 2 amide bonds. The van der Waals surface area contributed by atoms with Crippen LogP contribution in [0.25, 0.3) is 0 Å². The summed E-state index contributed by atoms with van der Waals surface area (Å²) in [5.41, 5.74) is 4.30. The Hall–Kier alpha value is -3.55. The second kappa shape index (κ2) is 8.90. The molecule has 1 aliphatic heterocycles. The summed E-state index contributed by atoms with van der Waals surface area (Å²) in [6.45, 7) is 4.58. The molecule has 32 heavy (non-hydrogen) atoms. The van der Waals surface area contributed by atoms with E-state index in [0.29, 0.717) is 42.3 Å². The number of carbonyl (C=O) groups excluding carboxylic acids is 2. The number of amides is 2. The molecule has 0 aliphatic carbocycles. The van der Waals surface area contributed by atoms with Crippen LogP contribution < -0.4 is 4.90 Å². The zero-order valence-corrected chi connectivity index (χ0v) is 19.0. The first-order valence-electron chi connectivity index (χ1n) is 10.8. The van der Waals surface area contributed by atoms with Crippen molar-refractivity contribution in [3.8, 4) is 0 Å². The average molecular weight is 433 g/mol. The van der Waals surface area contributed by atoms with Gasteiger partial charge >= 0.3 is 0 Å². The Kier molecular flexibility index (Phi) is 6.03. The van der Waals surface area contributed by atoms with Crippen molar-refractivity contribution in [1.82, 2.24) is 24.6 Å². The molecule has 0 bridgehead atoms. The van der Waals surface area contributed by atoms with Crippen LogP contribution in [-0.4, -0.2) is 50.1 Å². The first-order chi connectivity index (χ1) is 15.3. The fourth-order valence-corrected chi connectivity index (χ4v) is 4.12. The Morgan fingerprint density at radius 2 is 1.84 bits per heavy atom. The third-order valence-corrected chi connectivity index (χ3v) is 5.82. The normalized spacial score (nSPS) is 13.2. The Labute approximate surface area is 187 Å². The van der Waals surface area contributed by atoms with Crippen molar-refractivity contribution in [3.63, 3.8) is 0 Å². The minimum atomic E-state index is -0.133. The van der Waals surface area contributed by atoms with Gasteiger partial charge in [-0.3, -0.25) is 19.2 Å². The summed E-state index contributed by atoms with van der Waals surface area (Å²) in [6, 6.07) is 10.1. The molecule has 3 aromatic rings. The minimum absolute atomic E-state index is 0.0768. The van der Waals surface area contributed by atoms with Crippen LogP contribution in [0.4, 0.5) is 5.82 Å². The quantitative estimate of drug-likeness (QED) is 0.598. The summed E-state index contributed by atoms with van der Waals surface area (Å²) in [5, 5.41) is 4.25. The molecule has 0 fully saturated rings. The zero-order valence-electron chi connectivity index (χ0n) is 19.0. The highest BCUT2D eigenvalue weighted by molar-refractivity contribution is 5.96. The van der Waals surface area contributed by atoms with Crippen molar-refractivity contribution < 1.29 is 9.59 Å². The molecule has 0 spiro atoms. The molecule has 4 rings (SSSR count). The van der Waals surface area contributed by atoms with E-state index in [1.54, 1.807) is 34.8 Å². The lowest BCUT2D eigenvalue weighted by Crippen LogP contribution is -2.38. The van der Waals surface area contributed by atoms with Gasteiger partial charge in [-0.2, -0.15) is 5.10 Å². The number of nitrogens with zero attached hydrogens (tertiary/aromatic N) is 6. The van der Waals surface area contributed by atoms with Crippen molar-refractivity contribution in [3.05, 3.63) is 70.4 Å². The Morgan fingerprint density at radius 1 is 1.09 bits per heavy atom. The molecule has 1 aromatic carbocycles. The maximum atomic E-state index is 12.9. The molecule has 0 saturated carbocycles. The highest BCUT2D eigenvalue weighted by atomic mass is 16.2. The summed E-state index contributed by atoms with van der Waals surface area (Å²) in [4.78, 5) is 38.4. The average Bonchev–Trinajstić information content (AvgIpc) is 3.11. The lowest BCUT2D eigenvalue weighted by molar-refractivity contribution is -0.118. The van der Waals surface area contributed by atoms with Crippen LogP contribution in [0.3, 0.4) is 0 Å². The number of aromatic nitrogens is 4. The maximum Gasteiger partial charge on any atom is 0.257 e. The van der Waals surface area contributed by atoms with E-state index in [1.165, 1.54) is 5.56 Å². The lowest BCUT2D eigenvalue weighted by Gasteiger charge is -2.30. The van der Waals surface area contributed by atoms with Crippen molar-refractivity contribution in [1.29, 1.82) is 0 Å². The van der Waals surface area contributed by atoms with E-state index in [4.69, 9.17) is 4.98 Å². The molecule has 0 radical (unpaired) electrons. The summed E-state index contributed by atoms with van der Waals surface area (Å²) in [5.74, 6) is 1.15. The van der Waals surface area contributed by atoms with Gasteiger partial charge in [0, 0.05) is 44.5 Å². The van der Waals surface area contributed by atoms with E-state index in [-0.39, 0.29) is 18.4 Å². The molecular weight excluding hydrogens is 404 g/mol. The van der Waals surface area contributed by atoms with Gasteiger partial charge in [0.05, 0.1) is 17.8 Å². The molecular formula is C24H28N6O2. The highest BCUT2D eigenvalue weighted by Gasteiger charge is 2.28. The van der Waals surface area contributed by atoms with Crippen molar-refractivity contribution in [2.24, 2.45) is 7.05 Å². The number of rotatable bonds is 6. The van der Waals surface area contributed by atoms with Gasteiger partial charge in [-0.15, -0.1) is 0 Å². The van der Waals surface area contributed by atoms with Gasteiger partial charge in [-0.05, 0) is 32.3 Å². The van der Waals surface area contributed by atoms with Crippen molar-refractivity contribution in [2.75, 3.05) is 18.5 Å². The second-order valence-corrected chi connectivity index (χ2v) is 8.27. The molecule has 1 aliphatic rings. The van der Waals surface area contributed by atoms with Gasteiger partial charge in [-0.1, -0.05) is 30.3 Å². The maximum absolute atomic E-state index is 12.9. The predicted octanol–water partition coefficient (Wildman–Crippen LogP) is 2.62. The number of benzene rings is 1. The first-order valence-corrected chi connectivity index (χ1v) is 10.8. The van der Waals surface area contributed by atoms with Crippen LogP contribution >= 0.6 is 0 Å². The van der Waals surface area contributed by atoms with Crippen molar-refractivity contribution >= 4 is 17.6 Å². The molecule has 3 heterocycles. The predicted molar refractivity (Wildman–Crippen MR) is 121 cm³/mol. The largest absolute Gasteiger partial charge is 0.334 e. The number of carbonyl (C=O) groups is 2. The highest BCUT2D eigenvalue weighted by Crippen LogP contribution is 2.28. The Bertz CT molecular complexity index is 1150. The zero-order chi connectivity index (χ0) is 22.8. The summed E-state index contributed by atoms with van der Waals surface area (Å²) in [6.07, 6.45) is 3.58. The SMILES string of the molecule is Cc1nn(C)cc1C(=O)N(C)Cc1nc(C)c2c(n1)N(CCc1ccccc1)C(=O)CC2. The van der Waals surface area contributed by atoms with Gasteiger partial charge in [-0.25, -0.2) is 9.97 Å². The van der Waals surface area contributed by atoms with Crippen LogP contribution in [0, 0.1) is 13.8 Å². The van der Waals surface area contributed by atoms with Gasteiger partial charge in [0.2, 0.25) is 5.91 Å². The molecule has 0 N–H and O–H groups in total. The number of fused-ring (bicyclic) bond motifs is 1. The van der Waals surface area contributed by atoms with Gasteiger partial charge in [0.15, 0.2) is 0 Å². The van der Waals surface area contributed by atoms with Gasteiger partial charge in [0.25, 0.3) is 5.91 Å². The topological polar surface area (TPSA) is 84.2 Å². The fourth-order valence-electron chi connectivity index (χ4n) is 4.12. The van der Waals surface area contributed by atoms with Crippen LogP contribution in [0.1, 0.15) is 45.1 Å². The van der Waals surface area contributed by atoms with E-state index in [2.05, 4.69) is 22.2 Å². The molecule has 2 aromatic heterocycles. The monoisotopic (exact) mass is 432 g/mol. The molecule has 0 unspecified atom stereocenters. The van der Waals surface area contributed by atoms with Crippen LogP contribution in [-0.2, 0) is 31.2 Å². The Balaban J connectivity index is 1.57. The van der Waals surface area contributed by atoms with Gasteiger partial charge in [0.1, 0.15) is 11.6 Å². The smallest absolute Gasteiger partial charge is 0.257 e. The van der Waals surface area contributed by atoms with Crippen LogP contribution in [0.5, 0.6) is 0 Å². The van der Waals surface area contributed by atoms with Crippen LogP contribution in [0.2, 0.25) is 0 Å². The summed E-state index contributed by atoms with van der Waals surface area (Å²) in [7, 11) is 3.52. The third-order valence-electron chi connectivity index (χ3n) is 5.82. The van der Waals surface area contributed by atoms with E-state index < -0.39 is 0 Å². The first kappa shape index (κ1) is 21.7. The van der Waals surface area contributed by atoms with E-state index in [9.17, 15) is 9.59 Å². The standard InChI is InChI=1S/C24H28N6O2/c1-16-19-10-11-22(31)30(13-12-18-8-6-5-7-9-18)23(19)26-21(25-16)15-28(3)24(32)20-14-29(4)27-17(20)2/h5-9,14H,10-13,15H2,1-4H3. The van der Waals surface area contributed by atoms with Crippen LogP contribution in [0.15, 0.2) is 36.5 Å². The molecule has 0 saturated heterocycles. The van der Waals surface area contributed by atoms with E-state index in [1.807, 2.05) is 32.0 Å². The molecule has 8 heteroatoms. The second-order valence-electron chi connectivity index (χ2n) is 8.27. The third kappa shape index (κ3) is 4.39. The van der Waals surface area contributed by atoms with E-state index >= 15 is 0 Å². The van der Waals surface area contributed by atoms with E-state index in [0.717, 1.165) is 17.7 Å². The number of anilines is 1. The number of aryl methyl sites for hydroxylation is 3.